The molecule has 2 aromatic rings. The van der Waals surface area contributed by atoms with E-state index in [1.54, 1.807) is 6.07 Å². The average molecular weight is 377 g/mol. The number of rotatable bonds is 5. The molecule has 0 amide bonds. The van der Waals surface area contributed by atoms with Crippen LogP contribution < -0.4 is 15.4 Å². The van der Waals surface area contributed by atoms with Gasteiger partial charge in [0, 0.05) is 36.2 Å². The molecule has 4 N–H and O–H groups in total. The molecule has 1 spiro atoms. The lowest BCUT2D eigenvalue weighted by atomic mass is 9.81. The van der Waals surface area contributed by atoms with Crippen LogP contribution in [0.25, 0.3) is 0 Å². The minimum Gasteiger partial charge on any atom is -0.488 e. The number of nitrogens with zero attached hydrogens (tertiary/aromatic N) is 3. The Bertz CT molecular complexity index is 1040. The van der Waals surface area contributed by atoms with Crippen molar-refractivity contribution in [3.8, 4) is 5.75 Å². The maximum absolute atomic E-state index is 10.6. The Labute approximate surface area is 163 Å². The number of ether oxygens (including phenoxy) is 1. The van der Waals surface area contributed by atoms with Crippen molar-refractivity contribution in [3.05, 3.63) is 41.9 Å². The second-order valence-corrected chi connectivity index (χ2v) is 9.16. The first-order valence-electron chi connectivity index (χ1n) is 9.82. The summed E-state index contributed by atoms with van der Waals surface area (Å²) in [6.45, 7) is 2.70. The molecule has 1 aromatic carbocycles. The molecule has 1 aromatic heterocycles. The second kappa shape index (κ2) is 4.84. The molecule has 3 aliphatic carbocycles. The number of piperidine rings is 1. The largest absolute Gasteiger partial charge is 0.488 e. The molecule has 2 unspecified atom stereocenters. The van der Waals surface area contributed by atoms with Gasteiger partial charge in [-0.3, -0.25) is 5.41 Å². The van der Waals surface area contributed by atoms with Crippen LogP contribution in [0, 0.1) is 11.3 Å². The van der Waals surface area contributed by atoms with E-state index in [0.29, 0.717) is 29.4 Å². The fourth-order valence-electron chi connectivity index (χ4n) is 5.15. The van der Waals surface area contributed by atoms with Crippen LogP contribution in [0.15, 0.2) is 30.6 Å². The summed E-state index contributed by atoms with van der Waals surface area (Å²) >= 11 is 0. The molecule has 2 aliphatic heterocycles. The Morgan fingerprint density at radius 1 is 1.32 bits per heavy atom. The third-order valence-electron chi connectivity index (χ3n) is 7.07. The van der Waals surface area contributed by atoms with Crippen molar-refractivity contribution in [1.29, 1.82) is 5.41 Å². The van der Waals surface area contributed by atoms with Gasteiger partial charge in [0.15, 0.2) is 0 Å². The minimum absolute atomic E-state index is 0.0887. The van der Waals surface area contributed by atoms with Gasteiger partial charge in [0.2, 0.25) is 0 Å². The summed E-state index contributed by atoms with van der Waals surface area (Å²) in [5.41, 5.74) is 7.52. The average Bonchev–Trinajstić information content (AvgIpc) is 3.50. The minimum atomic E-state index is -0.548. The molecular formula is C21H23N5O2. The molecule has 5 aliphatic rings. The number of β-amino-alcohol motifs (C(OH)–C–C–N with tert-alkyl or cyclic N) is 1. The maximum atomic E-state index is 10.6. The quantitative estimate of drug-likeness (QED) is 0.544. The molecule has 28 heavy (non-hydrogen) atoms. The van der Waals surface area contributed by atoms with Crippen molar-refractivity contribution in [2.75, 3.05) is 17.2 Å². The summed E-state index contributed by atoms with van der Waals surface area (Å²) in [5.74, 6) is 1.89. The molecule has 7 heteroatoms. The van der Waals surface area contributed by atoms with Crippen molar-refractivity contribution >= 4 is 17.2 Å². The Kier molecular flexibility index (Phi) is 2.82. The zero-order valence-electron chi connectivity index (χ0n) is 15.8. The monoisotopic (exact) mass is 377 g/mol. The van der Waals surface area contributed by atoms with E-state index in [4.69, 9.17) is 15.9 Å². The van der Waals surface area contributed by atoms with Crippen LogP contribution in [0.2, 0.25) is 0 Å². The number of hydrogen-bond acceptors (Lipinski definition) is 7. The van der Waals surface area contributed by atoms with Gasteiger partial charge in [-0.05, 0) is 44.4 Å². The number of anilines is 2. The highest BCUT2D eigenvalue weighted by molar-refractivity contribution is 6.13. The van der Waals surface area contributed by atoms with Crippen molar-refractivity contribution in [1.82, 2.24) is 9.97 Å². The fraction of sp³-hybridized carbons (Fsp3) is 0.476. The summed E-state index contributed by atoms with van der Waals surface area (Å²) in [6.07, 6.45) is 5.45. The van der Waals surface area contributed by atoms with Crippen molar-refractivity contribution in [2.24, 2.45) is 5.92 Å². The maximum Gasteiger partial charge on any atom is 0.133 e. The first-order valence-corrected chi connectivity index (χ1v) is 9.82. The molecule has 2 bridgehead atoms. The molecule has 7 rings (SSSR count). The van der Waals surface area contributed by atoms with E-state index in [9.17, 15) is 5.11 Å². The molecule has 5 fully saturated rings. The van der Waals surface area contributed by atoms with Gasteiger partial charge in [-0.1, -0.05) is 0 Å². The van der Waals surface area contributed by atoms with Crippen LogP contribution in [0.4, 0.5) is 11.5 Å². The fourth-order valence-corrected chi connectivity index (χ4v) is 5.15. The first kappa shape index (κ1) is 16.3. The summed E-state index contributed by atoms with van der Waals surface area (Å²) in [4.78, 5) is 10.9. The third-order valence-corrected chi connectivity index (χ3v) is 7.07. The van der Waals surface area contributed by atoms with Crippen LogP contribution in [0.5, 0.6) is 5.75 Å². The molecule has 3 heterocycles. The highest BCUT2D eigenvalue weighted by Crippen LogP contribution is 2.74. The van der Waals surface area contributed by atoms with E-state index in [0.717, 1.165) is 37.3 Å². The summed E-state index contributed by atoms with van der Waals surface area (Å²) in [5, 5.41) is 19.2. The van der Waals surface area contributed by atoms with Crippen molar-refractivity contribution in [2.45, 2.75) is 49.3 Å². The van der Waals surface area contributed by atoms with Crippen LogP contribution in [-0.2, 0) is 0 Å². The highest BCUT2D eigenvalue weighted by Gasteiger charge is 2.83. The number of nitrogens with one attached hydrogen (secondary N) is 1. The Balaban J connectivity index is 1.30. The van der Waals surface area contributed by atoms with E-state index < -0.39 is 5.60 Å². The molecule has 3 saturated carbocycles. The van der Waals surface area contributed by atoms with Crippen molar-refractivity contribution in [3.63, 3.8) is 0 Å². The number of nitrogens with two attached hydrogens (primary N) is 1. The summed E-state index contributed by atoms with van der Waals surface area (Å²) in [7, 11) is 0. The van der Waals surface area contributed by atoms with E-state index >= 15 is 0 Å². The molecule has 2 saturated heterocycles. The van der Waals surface area contributed by atoms with Gasteiger partial charge in [-0.2, -0.15) is 0 Å². The van der Waals surface area contributed by atoms with Gasteiger partial charge in [-0.15, -0.1) is 0 Å². The first-order chi connectivity index (χ1) is 13.3. The van der Waals surface area contributed by atoms with E-state index in [1.807, 2.05) is 18.2 Å². The van der Waals surface area contributed by atoms with Crippen LogP contribution in [0.3, 0.4) is 0 Å². The zero-order chi connectivity index (χ0) is 19.3. The predicted octanol–water partition coefficient (Wildman–Crippen LogP) is 2.12. The number of aromatic nitrogens is 2. The molecule has 3 atom stereocenters. The lowest BCUT2D eigenvalue weighted by Gasteiger charge is -2.31. The van der Waals surface area contributed by atoms with Gasteiger partial charge in [0.1, 0.15) is 23.5 Å². The smallest absolute Gasteiger partial charge is 0.133 e. The number of nitrogen functional groups attached to an aromatic ring is 1. The highest BCUT2D eigenvalue weighted by atomic mass is 16.5. The van der Waals surface area contributed by atoms with Gasteiger partial charge in [-0.25, -0.2) is 9.97 Å². The van der Waals surface area contributed by atoms with Crippen LogP contribution in [0.1, 0.15) is 43.9 Å². The zero-order valence-corrected chi connectivity index (χ0v) is 15.8. The van der Waals surface area contributed by atoms with Crippen LogP contribution >= 0.6 is 0 Å². The van der Waals surface area contributed by atoms with Crippen LogP contribution in [-0.4, -0.2) is 44.1 Å². The lowest BCUT2D eigenvalue weighted by molar-refractivity contribution is -0.00249. The normalized spacial score (nSPS) is 33.1. The Hall–Kier alpha value is -2.67. The molecule has 0 radical (unpaired) electrons. The predicted molar refractivity (Wildman–Crippen MR) is 105 cm³/mol. The van der Waals surface area contributed by atoms with Gasteiger partial charge in [0.25, 0.3) is 0 Å². The van der Waals surface area contributed by atoms with Gasteiger partial charge >= 0.3 is 0 Å². The topological polar surface area (TPSA) is 108 Å². The standard InChI is InChI=1S/C21H23N5O2/c1-19(4-5-19)28-12-2-3-14(22)13(6-12)18(23)15-7-17(25-11-24-15)26-10-21(27)9-20(26)8-16(20)21/h2-3,6-7,11,16,23,27H,4-5,8-10,22H2,1H3/t16?,20?,21-/m1/s1. The number of aliphatic hydroxyl groups is 1. The molecule has 144 valence electrons. The van der Waals surface area contributed by atoms with E-state index in [2.05, 4.69) is 21.8 Å². The SMILES string of the molecule is CC1(Oc2ccc(N)c(C(=N)c3cc(N4C[C@]5(O)CC46CC65)ncn3)c2)CC1. The Morgan fingerprint density at radius 3 is 2.79 bits per heavy atom. The molecular weight excluding hydrogens is 354 g/mol. The number of hydrogen-bond donors (Lipinski definition) is 3. The van der Waals surface area contributed by atoms with E-state index in [1.165, 1.54) is 6.33 Å². The van der Waals surface area contributed by atoms with Crippen molar-refractivity contribution < 1.29 is 9.84 Å². The second-order valence-electron chi connectivity index (χ2n) is 9.16. The molecule has 7 nitrogen and oxygen atoms in total. The Morgan fingerprint density at radius 2 is 2.14 bits per heavy atom. The summed E-state index contributed by atoms with van der Waals surface area (Å²) < 4.78 is 6.03. The van der Waals surface area contributed by atoms with Gasteiger partial charge < -0.3 is 20.5 Å². The summed E-state index contributed by atoms with van der Waals surface area (Å²) in [6, 6.07) is 7.30. The van der Waals surface area contributed by atoms with E-state index in [-0.39, 0.29) is 16.9 Å². The number of benzene rings is 1. The van der Waals surface area contributed by atoms with Gasteiger partial charge in [0.05, 0.1) is 22.5 Å². The third kappa shape index (κ3) is 2.11. The lowest BCUT2D eigenvalue weighted by Crippen LogP contribution is -2.42. The number of fused-ring (bicyclic) bond motifs is 1.